The molecule has 15 heavy (non-hydrogen) atoms. The maximum absolute atomic E-state index is 9.41. The lowest BCUT2D eigenvalue weighted by Crippen LogP contribution is -2.38. The molecule has 0 unspecified atom stereocenters. The van der Waals surface area contributed by atoms with Crippen LogP contribution in [0.2, 0.25) is 0 Å². The smallest absolute Gasteiger partial charge is 0.0540 e. The van der Waals surface area contributed by atoms with Crippen molar-refractivity contribution in [2.24, 2.45) is 5.92 Å². The van der Waals surface area contributed by atoms with Crippen LogP contribution in [0.5, 0.6) is 0 Å². The van der Waals surface area contributed by atoms with Gasteiger partial charge in [0, 0.05) is 19.3 Å². The normalized spacial score (nSPS) is 34.2. The van der Waals surface area contributed by atoms with Crippen LogP contribution in [0, 0.1) is 5.92 Å². The summed E-state index contributed by atoms with van der Waals surface area (Å²) in [7, 11) is 0. The zero-order valence-electron chi connectivity index (χ0n) is 9.45. The van der Waals surface area contributed by atoms with Crippen LogP contribution in [0.15, 0.2) is 0 Å². The number of aliphatic hydroxyl groups is 1. The first-order valence-corrected chi connectivity index (χ1v) is 6.34. The van der Waals surface area contributed by atoms with Crippen LogP contribution in [0.4, 0.5) is 0 Å². The number of hydrogen-bond donors (Lipinski definition) is 2. The third-order valence-electron chi connectivity index (χ3n) is 3.73. The maximum atomic E-state index is 9.41. The van der Waals surface area contributed by atoms with E-state index in [1.54, 1.807) is 0 Å². The molecule has 0 aromatic carbocycles. The molecule has 0 spiro atoms. The van der Waals surface area contributed by atoms with Crippen LogP contribution in [-0.2, 0) is 4.74 Å². The Morgan fingerprint density at radius 1 is 1.00 bits per heavy atom. The van der Waals surface area contributed by atoms with Crippen molar-refractivity contribution in [2.75, 3.05) is 19.8 Å². The molecule has 1 aliphatic carbocycles. The molecular weight excluding hydrogens is 190 g/mol. The van der Waals surface area contributed by atoms with Crippen LogP contribution in [0.3, 0.4) is 0 Å². The van der Waals surface area contributed by atoms with Crippen LogP contribution in [0.25, 0.3) is 0 Å². The van der Waals surface area contributed by atoms with Crippen LogP contribution < -0.4 is 5.32 Å². The largest absolute Gasteiger partial charge is 0.393 e. The Labute approximate surface area is 92.2 Å². The number of hydrogen-bond acceptors (Lipinski definition) is 3. The lowest BCUT2D eigenvalue weighted by Gasteiger charge is -2.29. The van der Waals surface area contributed by atoms with Gasteiger partial charge in [0.25, 0.3) is 0 Å². The number of aliphatic hydroxyl groups excluding tert-OH is 1. The predicted octanol–water partition coefficient (Wildman–Crippen LogP) is 1.31. The first kappa shape index (κ1) is 11.4. The van der Waals surface area contributed by atoms with E-state index in [-0.39, 0.29) is 6.10 Å². The van der Waals surface area contributed by atoms with Gasteiger partial charge in [0.2, 0.25) is 0 Å². The van der Waals surface area contributed by atoms with E-state index in [9.17, 15) is 5.11 Å². The van der Waals surface area contributed by atoms with Crippen molar-refractivity contribution in [1.29, 1.82) is 0 Å². The Balaban J connectivity index is 1.60. The quantitative estimate of drug-likeness (QED) is 0.742. The predicted molar refractivity (Wildman–Crippen MR) is 59.8 cm³/mol. The van der Waals surface area contributed by atoms with Crippen molar-refractivity contribution >= 4 is 0 Å². The van der Waals surface area contributed by atoms with Gasteiger partial charge in [0.1, 0.15) is 0 Å². The fourth-order valence-corrected chi connectivity index (χ4v) is 2.58. The number of ether oxygens (including phenoxy) is 1. The zero-order valence-corrected chi connectivity index (χ0v) is 9.45. The minimum absolute atomic E-state index is 0.0238. The highest BCUT2D eigenvalue weighted by Crippen LogP contribution is 2.23. The van der Waals surface area contributed by atoms with E-state index >= 15 is 0 Å². The van der Waals surface area contributed by atoms with Crippen molar-refractivity contribution in [3.05, 3.63) is 0 Å². The third kappa shape index (κ3) is 3.74. The highest BCUT2D eigenvalue weighted by atomic mass is 16.5. The summed E-state index contributed by atoms with van der Waals surface area (Å²) in [4.78, 5) is 0. The molecule has 1 saturated carbocycles. The summed E-state index contributed by atoms with van der Waals surface area (Å²) in [6, 6.07) is 0.672. The summed E-state index contributed by atoms with van der Waals surface area (Å²) >= 11 is 0. The van der Waals surface area contributed by atoms with E-state index in [0.717, 1.165) is 51.4 Å². The highest BCUT2D eigenvalue weighted by Gasteiger charge is 2.20. The summed E-state index contributed by atoms with van der Waals surface area (Å²) < 4.78 is 5.33. The maximum Gasteiger partial charge on any atom is 0.0540 e. The minimum Gasteiger partial charge on any atom is -0.393 e. The lowest BCUT2D eigenvalue weighted by atomic mass is 9.87. The first-order valence-electron chi connectivity index (χ1n) is 6.34. The molecule has 0 bridgehead atoms. The standard InChI is InChI=1S/C12H23NO2/c14-12-3-1-10(2-4-12)9-13-11-5-7-15-8-6-11/h10-14H,1-9H2. The molecule has 0 aromatic heterocycles. The monoisotopic (exact) mass is 213 g/mol. The summed E-state index contributed by atoms with van der Waals surface area (Å²) in [5, 5.41) is 13.1. The van der Waals surface area contributed by atoms with Crippen LogP contribution >= 0.6 is 0 Å². The molecule has 2 rings (SSSR count). The lowest BCUT2D eigenvalue weighted by molar-refractivity contribution is 0.0732. The van der Waals surface area contributed by atoms with Crippen molar-refractivity contribution < 1.29 is 9.84 Å². The summed E-state index contributed by atoms with van der Waals surface area (Å²) in [6.45, 7) is 2.97. The molecule has 88 valence electrons. The number of rotatable bonds is 3. The molecule has 0 amide bonds. The van der Waals surface area contributed by atoms with Gasteiger partial charge in [0.05, 0.1) is 6.10 Å². The van der Waals surface area contributed by atoms with Crippen molar-refractivity contribution in [2.45, 2.75) is 50.7 Å². The van der Waals surface area contributed by atoms with Crippen molar-refractivity contribution in [3.8, 4) is 0 Å². The van der Waals surface area contributed by atoms with Gasteiger partial charge in [-0.1, -0.05) is 0 Å². The molecule has 0 atom stereocenters. The molecule has 3 heteroatoms. The van der Waals surface area contributed by atoms with E-state index in [4.69, 9.17) is 4.74 Å². The Bertz CT molecular complexity index is 172. The molecule has 2 aliphatic rings. The van der Waals surface area contributed by atoms with Gasteiger partial charge >= 0.3 is 0 Å². The summed E-state index contributed by atoms with van der Waals surface area (Å²) in [6.07, 6.45) is 6.68. The highest BCUT2D eigenvalue weighted by molar-refractivity contribution is 4.76. The second-order valence-corrected chi connectivity index (χ2v) is 4.97. The van der Waals surface area contributed by atoms with Crippen LogP contribution in [-0.4, -0.2) is 37.0 Å². The number of nitrogens with one attached hydrogen (secondary N) is 1. The average Bonchev–Trinajstić information content (AvgIpc) is 2.30. The molecule has 2 N–H and O–H groups in total. The molecule has 0 aromatic rings. The molecule has 1 saturated heterocycles. The van der Waals surface area contributed by atoms with Gasteiger partial charge in [-0.05, 0) is 51.0 Å². The Kier molecular flexibility index (Phi) is 4.42. The molecular formula is C12H23NO2. The fourth-order valence-electron chi connectivity index (χ4n) is 2.58. The second-order valence-electron chi connectivity index (χ2n) is 4.97. The zero-order chi connectivity index (χ0) is 10.5. The molecule has 1 aliphatic heterocycles. The van der Waals surface area contributed by atoms with E-state index in [2.05, 4.69) is 5.32 Å². The van der Waals surface area contributed by atoms with Gasteiger partial charge in [-0.25, -0.2) is 0 Å². The topological polar surface area (TPSA) is 41.5 Å². The second kappa shape index (κ2) is 5.83. The average molecular weight is 213 g/mol. The Morgan fingerprint density at radius 2 is 1.67 bits per heavy atom. The third-order valence-corrected chi connectivity index (χ3v) is 3.73. The summed E-state index contributed by atoms with van der Waals surface area (Å²) in [5.74, 6) is 0.788. The summed E-state index contributed by atoms with van der Waals surface area (Å²) in [5.41, 5.74) is 0. The fraction of sp³-hybridized carbons (Fsp3) is 1.00. The van der Waals surface area contributed by atoms with Crippen molar-refractivity contribution in [1.82, 2.24) is 5.32 Å². The Morgan fingerprint density at radius 3 is 2.33 bits per heavy atom. The van der Waals surface area contributed by atoms with Crippen molar-refractivity contribution in [3.63, 3.8) is 0 Å². The van der Waals surface area contributed by atoms with Gasteiger partial charge in [-0.2, -0.15) is 0 Å². The van der Waals surface area contributed by atoms with Gasteiger partial charge in [-0.3, -0.25) is 0 Å². The SMILES string of the molecule is OC1CCC(CNC2CCOCC2)CC1. The van der Waals surface area contributed by atoms with Gasteiger partial charge in [0.15, 0.2) is 0 Å². The Hall–Kier alpha value is -0.120. The molecule has 1 heterocycles. The van der Waals surface area contributed by atoms with E-state index in [1.807, 2.05) is 0 Å². The van der Waals surface area contributed by atoms with E-state index < -0.39 is 0 Å². The molecule has 3 nitrogen and oxygen atoms in total. The van der Waals surface area contributed by atoms with Gasteiger partial charge < -0.3 is 15.2 Å². The first-order chi connectivity index (χ1) is 7.34. The molecule has 0 radical (unpaired) electrons. The van der Waals surface area contributed by atoms with E-state index in [0.29, 0.717) is 6.04 Å². The minimum atomic E-state index is -0.0238. The van der Waals surface area contributed by atoms with Gasteiger partial charge in [-0.15, -0.1) is 0 Å². The van der Waals surface area contributed by atoms with Crippen LogP contribution in [0.1, 0.15) is 38.5 Å². The molecule has 2 fully saturated rings. The van der Waals surface area contributed by atoms with E-state index in [1.165, 1.54) is 12.8 Å².